The third-order valence-electron chi connectivity index (χ3n) is 2.17. The van der Waals surface area contributed by atoms with Gasteiger partial charge < -0.3 is 19.4 Å². The van der Waals surface area contributed by atoms with Crippen molar-refractivity contribution < 1.29 is 23.6 Å². The number of hydrogen-bond donors (Lipinski definition) is 2. The van der Waals surface area contributed by atoms with Crippen LogP contribution in [0.2, 0.25) is 0 Å². The topological polar surface area (TPSA) is 106 Å². The lowest BCUT2D eigenvalue weighted by atomic mass is 10.3. The summed E-state index contributed by atoms with van der Waals surface area (Å²) >= 11 is 0. The average Bonchev–Trinajstić information content (AvgIpc) is 2.94. The highest BCUT2D eigenvalue weighted by atomic mass is 16.5. The maximum atomic E-state index is 11.6. The monoisotopic (exact) mass is 250 g/mol. The van der Waals surface area contributed by atoms with Crippen LogP contribution in [0.25, 0.3) is 0 Å². The third kappa shape index (κ3) is 2.57. The summed E-state index contributed by atoms with van der Waals surface area (Å²) in [4.78, 5) is 22.2. The minimum atomic E-state index is -1.15. The SMILES string of the molecule is Cc1cc(CNC(=O)c2cc(C(=O)O)co2)on1. The Morgan fingerprint density at radius 1 is 1.44 bits per heavy atom. The highest BCUT2D eigenvalue weighted by Crippen LogP contribution is 2.08. The van der Waals surface area contributed by atoms with Gasteiger partial charge in [-0.2, -0.15) is 0 Å². The molecule has 0 atom stereocenters. The second-order valence-corrected chi connectivity index (χ2v) is 3.62. The molecular weight excluding hydrogens is 240 g/mol. The molecule has 0 aromatic carbocycles. The van der Waals surface area contributed by atoms with E-state index in [1.54, 1.807) is 13.0 Å². The summed E-state index contributed by atoms with van der Waals surface area (Å²) in [5, 5.41) is 14.9. The van der Waals surface area contributed by atoms with Gasteiger partial charge in [-0.25, -0.2) is 4.79 Å². The van der Waals surface area contributed by atoms with E-state index in [4.69, 9.17) is 14.0 Å². The Morgan fingerprint density at radius 2 is 2.22 bits per heavy atom. The number of amides is 1. The number of rotatable bonds is 4. The zero-order valence-corrected chi connectivity index (χ0v) is 9.47. The fourth-order valence-electron chi connectivity index (χ4n) is 1.32. The van der Waals surface area contributed by atoms with Crippen molar-refractivity contribution in [2.45, 2.75) is 13.5 Å². The number of furan rings is 1. The highest BCUT2D eigenvalue weighted by Gasteiger charge is 2.14. The third-order valence-corrected chi connectivity index (χ3v) is 2.17. The Kier molecular flexibility index (Phi) is 3.13. The predicted octanol–water partition coefficient (Wildman–Crippen LogP) is 1.20. The van der Waals surface area contributed by atoms with Crippen molar-refractivity contribution in [3.63, 3.8) is 0 Å². The van der Waals surface area contributed by atoms with Gasteiger partial charge >= 0.3 is 5.97 Å². The largest absolute Gasteiger partial charge is 0.478 e. The van der Waals surface area contributed by atoms with E-state index in [1.165, 1.54) is 0 Å². The number of carboxylic acid groups (broad SMARTS) is 1. The summed E-state index contributed by atoms with van der Waals surface area (Å²) in [6.07, 6.45) is 1.01. The molecule has 7 heteroatoms. The Hall–Kier alpha value is -2.57. The Labute approximate surface area is 101 Å². The first-order chi connectivity index (χ1) is 8.56. The minimum Gasteiger partial charge on any atom is -0.478 e. The van der Waals surface area contributed by atoms with Crippen LogP contribution in [0.4, 0.5) is 0 Å². The number of aromatic nitrogens is 1. The number of hydrogen-bond acceptors (Lipinski definition) is 5. The zero-order chi connectivity index (χ0) is 13.1. The van der Waals surface area contributed by atoms with Crippen molar-refractivity contribution in [1.29, 1.82) is 0 Å². The van der Waals surface area contributed by atoms with Crippen LogP contribution in [0.5, 0.6) is 0 Å². The summed E-state index contributed by atoms with van der Waals surface area (Å²) in [6, 6.07) is 2.84. The number of carbonyl (C=O) groups excluding carboxylic acids is 1. The Balaban J connectivity index is 1.97. The van der Waals surface area contributed by atoms with E-state index in [9.17, 15) is 9.59 Å². The molecule has 1 amide bonds. The van der Waals surface area contributed by atoms with Crippen LogP contribution in [-0.4, -0.2) is 22.1 Å². The Morgan fingerprint density at radius 3 is 2.78 bits per heavy atom. The summed E-state index contributed by atoms with van der Waals surface area (Å²) in [5.74, 6) is -1.23. The molecule has 2 N–H and O–H groups in total. The fourth-order valence-corrected chi connectivity index (χ4v) is 1.32. The van der Waals surface area contributed by atoms with Gasteiger partial charge in [-0.3, -0.25) is 4.79 Å². The molecule has 94 valence electrons. The quantitative estimate of drug-likeness (QED) is 0.844. The van der Waals surface area contributed by atoms with Gasteiger partial charge in [0.15, 0.2) is 11.5 Å². The second-order valence-electron chi connectivity index (χ2n) is 3.62. The van der Waals surface area contributed by atoms with Crippen molar-refractivity contribution in [3.8, 4) is 0 Å². The Bertz CT molecular complexity index is 584. The van der Waals surface area contributed by atoms with E-state index in [0.29, 0.717) is 11.5 Å². The molecule has 0 saturated heterocycles. The number of nitrogens with zero attached hydrogens (tertiary/aromatic N) is 1. The molecule has 0 aliphatic heterocycles. The lowest BCUT2D eigenvalue weighted by molar-refractivity contribution is 0.0696. The predicted molar refractivity (Wildman–Crippen MR) is 58.1 cm³/mol. The molecule has 7 nitrogen and oxygen atoms in total. The van der Waals surface area contributed by atoms with Crippen LogP contribution >= 0.6 is 0 Å². The van der Waals surface area contributed by atoms with E-state index >= 15 is 0 Å². The van der Waals surface area contributed by atoms with Gasteiger partial charge in [0, 0.05) is 12.1 Å². The van der Waals surface area contributed by atoms with E-state index in [2.05, 4.69) is 10.5 Å². The normalized spacial score (nSPS) is 10.3. The summed E-state index contributed by atoms with van der Waals surface area (Å²) in [7, 11) is 0. The van der Waals surface area contributed by atoms with Crippen molar-refractivity contribution >= 4 is 11.9 Å². The molecule has 0 saturated carbocycles. The van der Waals surface area contributed by atoms with Crippen LogP contribution in [0.3, 0.4) is 0 Å². The molecule has 18 heavy (non-hydrogen) atoms. The minimum absolute atomic E-state index is 0.0661. The average molecular weight is 250 g/mol. The van der Waals surface area contributed by atoms with Gasteiger partial charge in [0.1, 0.15) is 6.26 Å². The first kappa shape index (κ1) is 11.9. The number of aryl methyl sites for hydroxylation is 1. The van der Waals surface area contributed by atoms with Crippen LogP contribution in [0.1, 0.15) is 32.4 Å². The molecule has 2 heterocycles. The first-order valence-electron chi connectivity index (χ1n) is 5.08. The number of carboxylic acids is 1. The fraction of sp³-hybridized carbons (Fsp3) is 0.182. The molecule has 0 bridgehead atoms. The number of aromatic carboxylic acids is 1. The smallest absolute Gasteiger partial charge is 0.338 e. The standard InChI is InChI=1S/C11H10N2O5/c1-6-2-8(18-13-6)4-12-10(14)9-3-7(5-17-9)11(15)16/h2-3,5H,4H2,1H3,(H,12,14)(H,15,16). The highest BCUT2D eigenvalue weighted by molar-refractivity contribution is 5.95. The summed E-state index contributed by atoms with van der Waals surface area (Å²) < 4.78 is 9.75. The molecular formula is C11H10N2O5. The molecule has 0 aliphatic rings. The van der Waals surface area contributed by atoms with Gasteiger partial charge in [0.2, 0.25) is 0 Å². The van der Waals surface area contributed by atoms with Crippen LogP contribution in [0, 0.1) is 6.92 Å². The number of carbonyl (C=O) groups is 2. The van der Waals surface area contributed by atoms with Crippen LogP contribution in [0.15, 0.2) is 27.3 Å². The lowest BCUT2D eigenvalue weighted by Crippen LogP contribution is -2.22. The van der Waals surface area contributed by atoms with E-state index in [-0.39, 0.29) is 17.9 Å². The summed E-state index contributed by atoms with van der Waals surface area (Å²) in [5.41, 5.74) is 0.640. The zero-order valence-electron chi connectivity index (χ0n) is 9.47. The second kappa shape index (κ2) is 4.74. The van der Waals surface area contributed by atoms with Gasteiger partial charge in [-0.15, -0.1) is 0 Å². The molecule has 0 aliphatic carbocycles. The number of nitrogens with one attached hydrogen (secondary N) is 1. The molecule has 2 aromatic rings. The molecule has 0 spiro atoms. The molecule has 0 radical (unpaired) electrons. The first-order valence-corrected chi connectivity index (χ1v) is 5.08. The maximum Gasteiger partial charge on any atom is 0.338 e. The van der Waals surface area contributed by atoms with Gasteiger partial charge in [-0.1, -0.05) is 5.16 Å². The van der Waals surface area contributed by atoms with Crippen LogP contribution in [-0.2, 0) is 6.54 Å². The molecule has 2 aromatic heterocycles. The van der Waals surface area contributed by atoms with Crippen molar-refractivity contribution in [3.05, 3.63) is 41.2 Å². The van der Waals surface area contributed by atoms with Gasteiger partial charge in [-0.05, 0) is 6.92 Å². The lowest BCUT2D eigenvalue weighted by Gasteiger charge is -1.98. The van der Waals surface area contributed by atoms with Gasteiger partial charge in [0.05, 0.1) is 17.8 Å². The van der Waals surface area contributed by atoms with E-state index in [0.717, 1.165) is 12.3 Å². The van der Waals surface area contributed by atoms with Crippen LogP contribution < -0.4 is 5.32 Å². The molecule has 2 rings (SSSR count). The molecule has 0 unspecified atom stereocenters. The van der Waals surface area contributed by atoms with E-state index in [1.807, 2.05) is 0 Å². The molecule has 0 fully saturated rings. The van der Waals surface area contributed by atoms with E-state index < -0.39 is 11.9 Å². The van der Waals surface area contributed by atoms with Crippen molar-refractivity contribution in [1.82, 2.24) is 10.5 Å². The van der Waals surface area contributed by atoms with Crippen molar-refractivity contribution in [2.75, 3.05) is 0 Å². The maximum absolute atomic E-state index is 11.6. The summed E-state index contributed by atoms with van der Waals surface area (Å²) in [6.45, 7) is 1.92. The van der Waals surface area contributed by atoms with Gasteiger partial charge in [0.25, 0.3) is 5.91 Å². The van der Waals surface area contributed by atoms with Crippen molar-refractivity contribution in [2.24, 2.45) is 0 Å².